The molecule has 0 aliphatic carbocycles. The van der Waals surface area contributed by atoms with Crippen molar-refractivity contribution >= 4 is 35.2 Å². The summed E-state index contributed by atoms with van der Waals surface area (Å²) in [6.07, 6.45) is 0.160. The smallest absolute Gasteiger partial charge is 0.340 e. The van der Waals surface area contributed by atoms with Gasteiger partial charge in [-0.05, 0) is 29.8 Å². The molecular formula is C23H20FN3O7. The lowest BCUT2D eigenvalue weighted by Gasteiger charge is -2.29. The minimum atomic E-state index is -2.01. The molecule has 1 atom stereocenters. The van der Waals surface area contributed by atoms with Gasteiger partial charge in [0.25, 0.3) is 11.8 Å². The average molecular weight is 469 g/mol. The summed E-state index contributed by atoms with van der Waals surface area (Å²) in [6.45, 7) is -0.193. The molecule has 3 amide bonds. The summed E-state index contributed by atoms with van der Waals surface area (Å²) in [5, 5.41) is 2.27. The lowest BCUT2D eigenvalue weighted by atomic mass is 9.95. The number of fused-ring (bicyclic) bond motifs is 2. The monoisotopic (exact) mass is 469 g/mol. The minimum Gasteiger partial charge on any atom is -0.497 e. The van der Waals surface area contributed by atoms with Crippen molar-refractivity contribution in [2.24, 2.45) is 5.73 Å². The molecule has 3 N–H and O–H groups in total. The van der Waals surface area contributed by atoms with Gasteiger partial charge in [-0.2, -0.15) is 0 Å². The fourth-order valence-electron chi connectivity index (χ4n) is 3.89. The molecule has 10 nitrogen and oxygen atoms in total. The third-order valence-corrected chi connectivity index (χ3v) is 5.68. The number of esters is 1. The highest BCUT2D eigenvalue weighted by Gasteiger charge is 2.44. The first-order valence-corrected chi connectivity index (χ1v) is 10.0. The number of nitrogens with one attached hydrogen (secondary N) is 1. The van der Waals surface area contributed by atoms with Crippen LogP contribution < -0.4 is 15.8 Å². The van der Waals surface area contributed by atoms with E-state index in [-0.39, 0.29) is 41.8 Å². The van der Waals surface area contributed by atoms with Gasteiger partial charge >= 0.3 is 5.97 Å². The van der Waals surface area contributed by atoms with Crippen LogP contribution in [0.1, 0.15) is 32.0 Å². The number of carbonyl (C=O) groups excluding carboxylic acids is 4. The van der Waals surface area contributed by atoms with Gasteiger partial charge in [-0.3, -0.25) is 19.7 Å². The molecule has 1 aliphatic heterocycles. The number of methoxy groups -OCH3 is 2. The third-order valence-electron chi connectivity index (χ3n) is 5.68. The standard InChI is InChI=1S/C23H20FN3O7/c1-32-14-4-3-12-9-27(20(29)15(12)7-14)10-23(25,22(31)26-11-28)19-6-13-5-16(21(30)33-2)17(24)8-18(13)34-19/h3-8,11H,9-10,25H2,1-2H3,(H,26,28,31)/t23-/m0/s1. The number of benzene rings is 2. The quantitative estimate of drug-likeness (QED) is 0.391. The summed E-state index contributed by atoms with van der Waals surface area (Å²) in [7, 11) is 2.59. The summed E-state index contributed by atoms with van der Waals surface area (Å²) in [4.78, 5) is 50.0. The molecule has 0 saturated carbocycles. The predicted octanol–water partition coefficient (Wildman–Crippen LogP) is 1.45. The number of nitrogens with zero attached hydrogens (tertiary/aromatic N) is 1. The van der Waals surface area contributed by atoms with Crippen LogP contribution in [0, 0.1) is 5.82 Å². The normalized spacial score (nSPS) is 14.5. The predicted molar refractivity (Wildman–Crippen MR) is 115 cm³/mol. The average Bonchev–Trinajstić information content (AvgIpc) is 3.38. The van der Waals surface area contributed by atoms with Crippen molar-refractivity contribution in [2.45, 2.75) is 12.1 Å². The van der Waals surface area contributed by atoms with Crippen LogP contribution in [0.5, 0.6) is 5.75 Å². The molecule has 1 aliphatic rings. The SMILES string of the molecule is COC(=O)c1cc2cc([C@@](N)(CN3Cc4ccc(OC)cc4C3=O)C(=O)NC=O)oc2cc1F. The third kappa shape index (κ3) is 3.75. The second-order valence-electron chi connectivity index (χ2n) is 7.72. The van der Waals surface area contributed by atoms with E-state index in [2.05, 4.69) is 4.74 Å². The number of hydrogen-bond acceptors (Lipinski definition) is 8. The maximum absolute atomic E-state index is 14.4. The van der Waals surface area contributed by atoms with E-state index < -0.39 is 29.1 Å². The van der Waals surface area contributed by atoms with Gasteiger partial charge in [0.15, 0.2) is 5.54 Å². The number of rotatable bonds is 7. The maximum Gasteiger partial charge on any atom is 0.340 e. The fourth-order valence-corrected chi connectivity index (χ4v) is 3.89. The van der Waals surface area contributed by atoms with E-state index in [1.165, 1.54) is 24.1 Å². The zero-order valence-corrected chi connectivity index (χ0v) is 18.2. The lowest BCUT2D eigenvalue weighted by molar-refractivity contribution is -0.130. The highest BCUT2D eigenvalue weighted by atomic mass is 19.1. The first kappa shape index (κ1) is 22.9. The number of imide groups is 1. The second kappa shape index (κ2) is 8.60. The van der Waals surface area contributed by atoms with Gasteiger partial charge < -0.3 is 24.5 Å². The van der Waals surface area contributed by atoms with Crippen molar-refractivity contribution in [2.75, 3.05) is 20.8 Å². The summed E-state index contributed by atoms with van der Waals surface area (Å²) in [6, 6.07) is 8.53. The summed E-state index contributed by atoms with van der Waals surface area (Å²) in [5.74, 6) is -2.75. The van der Waals surface area contributed by atoms with E-state index in [4.69, 9.17) is 14.9 Å². The molecule has 0 bridgehead atoms. The van der Waals surface area contributed by atoms with Crippen LogP contribution in [-0.2, 0) is 26.4 Å². The largest absolute Gasteiger partial charge is 0.497 e. The van der Waals surface area contributed by atoms with E-state index in [1.807, 2.05) is 5.32 Å². The Bertz CT molecular complexity index is 1340. The molecule has 3 aromatic rings. The Morgan fingerprint density at radius 3 is 2.71 bits per heavy atom. The van der Waals surface area contributed by atoms with Gasteiger partial charge in [0.1, 0.15) is 22.9 Å². The molecule has 2 aromatic carbocycles. The van der Waals surface area contributed by atoms with Crippen molar-refractivity contribution in [1.29, 1.82) is 0 Å². The van der Waals surface area contributed by atoms with Crippen molar-refractivity contribution in [3.05, 3.63) is 64.7 Å². The molecule has 1 aromatic heterocycles. The topological polar surface area (TPSA) is 141 Å². The van der Waals surface area contributed by atoms with Crippen LogP contribution >= 0.6 is 0 Å². The van der Waals surface area contributed by atoms with Gasteiger partial charge in [-0.15, -0.1) is 0 Å². The fraction of sp³-hybridized carbons (Fsp3) is 0.217. The van der Waals surface area contributed by atoms with E-state index in [0.29, 0.717) is 16.9 Å². The first-order valence-electron chi connectivity index (χ1n) is 10.0. The zero-order chi connectivity index (χ0) is 24.6. The Morgan fingerprint density at radius 2 is 2.03 bits per heavy atom. The molecule has 0 unspecified atom stereocenters. The molecule has 2 heterocycles. The molecule has 0 spiro atoms. The van der Waals surface area contributed by atoms with Crippen LogP contribution in [0.15, 0.2) is 40.8 Å². The molecule has 11 heteroatoms. The number of furan rings is 1. The lowest BCUT2D eigenvalue weighted by Crippen LogP contribution is -2.57. The van der Waals surface area contributed by atoms with Crippen molar-refractivity contribution in [1.82, 2.24) is 10.2 Å². The second-order valence-corrected chi connectivity index (χ2v) is 7.72. The number of halogens is 1. The van der Waals surface area contributed by atoms with Crippen LogP contribution in [0.2, 0.25) is 0 Å². The van der Waals surface area contributed by atoms with Gasteiger partial charge in [0, 0.05) is 23.6 Å². The minimum absolute atomic E-state index is 0.00894. The van der Waals surface area contributed by atoms with Crippen LogP contribution in [-0.4, -0.2) is 49.9 Å². The number of nitrogens with two attached hydrogens (primary N) is 1. The van der Waals surface area contributed by atoms with Gasteiger partial charge in [0.2, 0.25) is 6.41 Å². The highest BCUT2D eigenvalue weighted by Crippen LogP contribution is 2.33. The number of carbonyl (C=O) groups is 4. The Hall–Kier alpha value is -4.25. The van der Waals surface area contributed by atoms with E-state index in [1.54, 1.807) is 18.2 Å². The molecule has 4 rings (SSSR count). The van der Waals surface area contributed by atoms with E-state index >= 15 is 0 Å². The van der Waals surface area contributed by atoms with Crippen LogP contribution in [0.4, 0.5) is 4.39 Å². The molecular weight excluding hydrogens is 449 g/mol. The molecule has 0 fully saturated rings. The number of hydrogen-bond donors (Lipinski definition) is 2. The molecule has 0 radical (unpaired) electrons. The zero-order valence-electron chi connectivity index (χ0n) is 18.2. The Balaban J connectivity index is 1.74. The molecule has 34 heavy (non-hydrogen) atoms. The first-order chi connectivity index (χ1) is 16.2. The summed E-state index contributed by atoms with van der Waals surface area (Å²) >= 11 is 0. The van der Waals surface area contributed by atoms with Crippen molar-refractivity contribution in [3.8, 4) is 5.75 Å². The Kier molecular flexibility index (Phi) is 5.80. The summed E-state index contributed by atoms with van der Waals surface area (Å²) < 4.78 is 29.7. The van der Waals surface area contributed by atoms with Crippen LogP contribution in [0.3, 0.4) is 0 Å². The maximum atomic E-state index is 14.4. The number of ether oxygens (including phenoxy) is 2. The van der Waals surface area contributed by atoms with Crippen LogP contribution in [0.25, 0.3) is 11.0 Å². The molecule has 0 saturated heterocycles. The van der Waals surface area contributed by atoms with Gasteiger partial charge in [-0.25, -0.2) is 9.18 Å². The van der Waals surface area contributed by atoms with Crippen molar-refractivity contribution < 1.29 is 37.5 Å². The molecule has 176 valence electrons. The van der Waals surface area contributed by atoms with Crippen molar-refractivity contribution in [3.63, 3.8) is 0 Å². The van der Waals surface area contributed by atoms with E-state index in [9.17, 15) is 23.6 Å². The Labute approximate surface area is 192 Å². The van der Waals surface area contributed by atoms with Gasteiger partial charge in [-0.1, -0.05) is 6.07 Å². The number of amides is 3. The van der Waals surface area contributed by atoms with E-state index in [0.717, 1.165) is 13.2 Å². The van der Waals surface area contributed by atoms with Gasteiger partial charge in [0.05, 0.1) is 26.3 Å². The Morgan fingerprint density at radius 1 is 1.26 bits per heavy atom. The summed E-state index contributed by atoms with van der Waals surface area (Å²) in [5.41, 5.74) is 5.21. The highest BCUT2D eigenvalue weighted by molar-refractivity contribution is 6.00.